The van der Waals surface area contributed by atoms with Gasteiger partial charge in [0.05, 0.1) is 5.56 Å². The first-order valence-electron chi connectivity index (χ1n) is 6.52. The fourth-order valence-electron chi connectivity index (χ4n) is 1.88. The highest BCUT2D eigenvalue weighted by Crippen LogP contribution is 2.27. The molecule has 4 nitrogen and oxygen atoms in total. The molecule has 0 aromatic heterocycles. The van der Waals surface area contributed by atoms with E-state index in [-0.39, 0.29) is 13.4 Å². The predicted molar refractivity (Wildman–Crippen MR) is 83.1 cm³/mol. The Morgan fingerprint density at radius 1 is 1.23 bits per heavy atom. The van der Waals surface area contributed by atoms with Gasteiger partial charge in [-0.2, -0.15) is 0 Å². The van der Waals surface area contributed by atoms with Crippen LogP contribution in [0, 0.1) is 24.2 Å². The van der Waals surface area contributed by atoms with Crippen LogP contribution in [0.2, 0.25) is 0 Å². The third kappa shape index (κ3) is 3.79. The van der Waals surface area contributed by atoms with E-state index in [0.29, 0.717) is 11.3 Å². The van der Waals surface area contributed by atoms with Crippen molar-refractivity contribution in [2.24, 2.45) is 0 Å². The molecule has 0 amide bonds. The molecule has 22 heavy (non-hydrogen) atoms. The average Bonchev–Trinajstić information content (AvgIpc) is 2.56. The maximum atomic E-state index is 11.5. The number of terminal acetylenes is 1. The molecule has 0 saturated heterocycles. The SMILES string of the molecule is C#CCOC(=O)C#Cc1c(OCOC)ccc2ccccc12. The van der Waals surface area contributed by atoms with Crippen molar-refractivity contribution in [1.29, 1.82) is 0 Å². The standard InChI is InChI=1S/C18H14O4/c1-3-12-21-18(19)11-9-16-15-7-5-4-6-14(15)8-10-17(16)22-13-20-2/h1,4-8,10H,12-13H2,2H3. The molecule has 0 bridgehead atoms. The summed E-state index contributed by atoms with van der Waals surface area (Å²) in [6.45, 7) is -0.00928. The van der Waals surface area contributed by atoms with E-state index in [1.54, 1.807) is 6.07 Å². The van der Waals surface area contributed by atoms with Gasteiger partial charge < -0.3 is 14.2 Å². The van der Waals surface area contributed by atoms with E-state index in [0.717, 1.165) is 10.8 Å². The number of esters is 1. The monoisotopic (exact) mass is 294 g/mol. The molecule has 4 heteroatoms. The molecular formula is C18H14O4. The maximum Gasteiger partial charge on any atom is 0.385 e. The molecule has 0 saturated carbocycles. The fourth-order valence-corrected chi connectivity index (χ4v) is 1.88. The number of ether oxygens (including phenoxy) is 3. The minimum atomic E-state index is -0.677. The number of benzene rings is 2. The second-order valence-electron chi connectivity index (χ2n) is 4.24. The van der Waals surface area contributed by atoms with Gasteiger partial charge in [-0.15, -0.1) is 6.42 Å². The molecule has 0 N–H and O–H groups in total. The van der Waals surface area contributed by atoms with Gasteiger partial charge in [0.2, 0.25) is 0 Å². The smallest absolute Gasteiger partial charge is 0.385 e. The van der Waals surface area contributed by atoms with Gasteiger partial charge in [0.1, 0.15) is 5.75 Å². The van der Waals surface area contributed by atoms with Crippen LogP contribution in [0.3, 0.4) is 0 Å². The first-order valence-corrected chi connectivity index (χ1v) is 6.52. The average molecular weight is 294 g/mol. The van der Waals surface area contributed by atoms with Crippen LogP contribution in [-0.4, -0.2) is 26.5 Å². The molecule has 0 aliphatic rings. The summed E-state index contributed by atoms with van der Waals surface area (Å²) in [5.41, 5.74) is 0.604. The van der Waals surface area contributed by atoms with Gasteiger partial charge in [0.15, 0.2) is 13.4 Å². The molecule has 0 atom stereocenters. The lowest BCUT2D eigenvalue weighted by Gasteiger charge is -2.09. The van der Waals surface area contributed by atoms with Gasteiger partial charge in [0, 0.05) is 18.4 Å². The zero-order chi connectivity index (χ0) is 15.8. The number of rotatable bonds is 4. The summed E-state index contributed by atoms with van der Waals surface area (Å²) in [4.78, 5) is 11.5. The van der Waals surface area contributed by atoms with E-state index < -0.39 is 5.97 Å². The summed E-state index contributed by atoms with van der Waals surface area (Å²) >= 11 is 0. The van der Waals surface area contributed by atoms with E-state index in [1.165, 1.54) is 7.11 Å². The van der Waals surface area contributed by atoms with Crippen molar-refractivity contribution < 1.29 is 19.0 Å². The quantitative estimate of drug-likeness (QED) is 0.493. The summed E-state index contributed by atoms with van der Waals surface area (Å²) in [5, 5.41) is 1.88. The molecule has 0 unspecified atom stereocenters. The van der Waals surface area contributed by atoms with Crippen LogP contribution in [0.1, 0.15) is 5.56 Å². The Balaban J connectivity index is 2.42. The normalized spacial score (nSPS) is 9.45. The third-order valence-corrected chi connectivity index (χ3v) is 2.80. The van der Waals surface area contributed by atoms with Crippen molar-refractivity contribution in [2.45, 2.75) is 0 Å². The van der Waals surface area contributed by atoms with Crippen molar-refractivity contribution >= 4 is 16.7 Å². The fraction of sp³-hybridized carbons (Fsp3) is 0.167. The van der Waals surface area contributed by atoms with Crippen molar-refractivity contribution in [3.05, 3.63) is 42.0 Å². The van der Waals surface area contributed by atoms with Gasteiger partial charge in [0.25, 0.3) is 0 Å². The second-order valence-corrected chi connectivity index (χ2v) is 4.24. The van der Waals surface area contributed by atoms with Gasteiger partial charge in [-0.25, -0.2) is 4.79 Å². The minimum Gasteiger partial charge on any atom is -0.466 e. The molecule has 2 rings (SSSR count). The Kier molecular flexibility index (Phi) is 5.43. The Labute approximate surface area is 129 Å². The molecule has 0 spiro atoms. The summed E-state index contributed by atoms with van der Waals surface area (Å²) < 4.78 is 15.1. The first-order chi connectivity index (χ1) is 10.8. The van der Waals surface area contributed by atoms with Crippen LogP contribution in [0.5, 0.6) is 5.75 Å². The zero-order valence-electron chi connectivity index (χ0n) is 12.1. The van der Waals surface area contributed by atoms with Gasteiger partial charge in [-0.1, -0.05) is 42.2 Å². The highest BCUT2D eigenvalue weighted by atomic mass is 16.7. The van der Waals surface area contributed by atoms with Crippen LogP contribution in [-0.2, 0) is 14.3 Å². The molecule has 0 aliphatic carbocycles. The highest BCUT2D eigenvalue weighted by Gasteiger charge is 2.07. The largest absolute Gasteiger partial charge is 0.466 e. The summed E-state index contributed by atoms with van der Waals surface area (Å²) in [7, 11) is 1.53. The Morgan fingerprint density at radius 3 is 2.82 bits per heavy atom. The molecule has 0 fully saturated rings. The third-order valence-electron chi connectivity index (χ3n) is 2.80. The van der Waals surface area contributed by atoms with E-state index >= 15 is 0 Å². The topological polar surface area (TPSA) is 44.8 Å². The Bertz CT molecular complexity index is 775. The van der Waals surface area contributed by atoms with Crippen molar-refractivity contribution in [2.75, 3.05) is 20.5 Å². The summed E-state index contributed by atoms with van der Waals surface area (Å²) in [6.07, 6.45) is 5.03. The highest BCUT2D eigenvalue weighted by molar-refractivity contribution is 5.94. The lowest BCUT2D eigenvalue weighted by atomic mass is 10.0. The van der Waals surface area contributed by atoms with Gasteiger partial charge >= 0.3 is 5.97 Å². The summed E-state index contributed by atoms with van der Waals surface area (Å²) in [5.74, 6) is 7.29. The number of fused-ring (bicyclic) bond motifs is 1. The van der Waals surface area contributed by atoms with Crippen LogP contribution in [0.15, 0.2) is 36.4 Å². The molecule has 0 radical (unpaired) electrons. The van der Waals surface area contributed by atoms with Crippen LogP contribution in [0.4, 0.5) is 0 Å². The number of carbonyl (C=O) groups excluding carboxylic acids is 1. The number of hydrogen-bond donors (Lipinski definition) is 0. The van der Waals surface area contributed by atoms with Gasteiger partial charge in [-0.3, -0.25) is 0 Å². The van der Waals surface area contributed by atoms with E-state index in [1.807, 2.05) is 30.3 Å². The predicted octanol–water partition coefficient (Wildman–Crippen LogP) is 2.35. The number of carbonyl (C=O) groups is 1. The first kappa shape index (κ1) is 15.4. The van der Waals surface area contributed by atoms with E-state index in [9.17, 15) is 4.79 Å². The van der Waals surface area contributed by atoms with Crippen LogP contribution < -0.4 is 4.74 Å². The summed E-state index contributed by atoms with van der Waals surface area (Å²) in [6, 6.07) is 11.4. The Morgan fingerprint density at radius 2 is 2.05 bits per heavy atom. The second kappa shape index (κ2) is 7.73. The van der Waals surface area contributed by atoms with E-state index in [2.05, 4.69) is 17.8 Å². The molecule has 2 aromatic rings. The van der Waals surface area contributed by atoms with Crippen LogP contribution >= 0.6 is 0 Å². The van der Waals surface area contributed by atoms with Crippen molar-refractivity contribution in [1.82, 2.24) is 0 Å². The zero-order valence-corrected chi connectivity index (χ0v) is 12.1. The van der Waals surface area contributed by atoms with Crippen molar-refractivity contribution in [3.63, 3.8) is 0 Å². The lowest BCUT2D eigenvalue weighted by molar-refractivity contribution is -0.135. The lowest BCUT2D eigenvalue weighted by Crippen LogP contribution is -2.02. The van der Waals surface area contributed by atoms with Gasteiger partial charge in [-0.05, 0) is 11.5 Å². The number of hydrogen-bond acceptors (Lipinski definition) is 4. The minimum absolute atomic E-state index is 0.0918. The molecule has 0 heterocycles. The molecular weight excluding hydrogens is 280 g/mol. The molecule has 2 aromatic carbocycles. The van der Waals surface area contributed by atoms with E-state index in [4.69, 9.17) is 20.6 Å². The maximum absolute atomic E-state index is 11.5. The molecule has 0 aliphatic heterocycles. The number of methoxy groups -OCH3 is 1. The Hall–Kier alpha value is -2.95. The molecule has 110 valence electrons. The van der Waals surface area contributed by atoms with Crippen LogP contribution in [0.25, 0.3) is 10.8 Å². The van der Waals surface area contributed by atoms with Crippen molar-refractivity contribution in [3.8, 4) is 29.9 Å².